The molecule has 2 atom stereocenters. The van der Waals surface area contributed by atoms with E-state index >= 15 is 0 Å². The summed E-state index contributed by atoms with van der Waals surface area (Å²) < 4.78 is 5.50. The predicted molar refractivity (Wildman–Crippen MR) is 366 cm³/mol. The highest BCUT2D eigenvalue weighted by molar-refractivity contribution is 5.76. The molecule has 0 aromatic carbocycles. The molecule has 0 saturated carbocycles. The zero-order valence-corrected chi connectivity index (χ0v) is 56.2. The van der Waals surface area contributed by atoms with Crippen LogP contribution in [-0.2, 0) is 14.3 Å². The Labute approximate surface area is 519 Å². The standard InChI is InChI=1S/C77H147NO5/c1-3-5-7-9-11-13-15-17-19-21-22-23-29-32-35-38-41-45-49-53-57-61-65-69-75(80)74(73-79)78-76(81)70-66-62-58-54-50-46-42-39-36-33-30-27-25-24-26-28-31-34-37-40-44-48-52-56-60-64-68-72-83-77(82)71-67-63-59-55-51-47-43-20-18-16-14-12-10-8-6-4-2/h24-25,28,31,65,69,74-75,79-80H,3-23,26-27,29-30,32-64,66-68,70-73H2,1-2H3,(H,78,81)/b25-24-,31-28-,69-65+. The molecule has 0 aliphatic rings. The van der Waals surface area contributed by atoms with Crippen molar-refractivity contribution in [3.05, 3.63) is 36.5 Å². The van der Waals surface area contributed by atoms with Gasteiger partial charge in [-0.15, -0.1) is 0 Å². The van der Waals surface area contributed by atoms with Gasteiger partial charge >= 0.3 is 5.97 Å². The van der Waals surface area contributed by atoms with Crippen LogP contribution >= 0.6 is 0 Å². The Bertz CT molecular complexity index is 1340. The Morgan fingerprint density at radius 2 is 0.602 bits per heavy atom. The molecule has 6 heteroatoms. The highest BCUT2D eigenvalue weighted by atomic mass is 16.5. The molecule has 0 bridgehead atoms. The number of hydrogen-bond donors (Lipinski definition) is 3. The monoisotopic (exact) mass is 1170 g/mol. The summed E-state index contributed by atoms with van der Waals surface area (Å²) >= 11 is 0. The van der Waals surface area contributed by atoms with Crippen molar-refractivity contribution in [3.8, 4) is 0 Å². The molecule has 490 valence electrons. The molecule has 0 rings (SSSR count). The lowest BCUT2D eigenvalue weighted by molar-refractivity contribution is -0.143. The van der Waals surface area contributed by atoms with Gasteiger partial charge in [-0.25, -0.2) is 0 Å². The molecule has 0 saturated heterocycles. The molecule has 0 aromatic heterocycles. The van der Waals surface area contributed by atoms with Crippen LogP contribution in [0.3, 0.4) is 0 Å². The summed E-state index contributed by atoms with van der Waals surface area (Å²) in [6.45, 7) is 4.95. The van der Waals surface area contributed by atoms with Crippen molar-refractivity contribution in [3.63, 3.8) is 0 Å². The molecule has 6 nitrogen and oxygen atoms in total. The highest BCUT2D eigenvalue weighted by Gasteiger charge is 2.18. The zero-order chi connectivity index (χ0) is 59.9. The first kappa shape index (κ1) is 81.1. The smallest absolute Gasteiger partial charge is 0.305 e. The fraction of sp³-hybridized carbons (Fsp3) is 0.896. The number of nitrogens with one attached hydrogen (secondary N) is 1. The maximum atomic E-state index is 12.5. The van der Waals surface area contributed by atoms with Gasteiger partial charge in [-0.3, -0.25) is 9.59 Å². The number of aliphatic hydroxyl groups excluding tert-OH is 2. The summed E-state index contributed by atoms with van der Waals surface area (Å²) in [4.78, 5) is 24.6. The minimum absolute atomic E-state index is 0.0144. The lowest BCUT2D eigenvalue weighted by atomic mass is 10.0. The normalized spacial score (nSPS) is 12.7. The van der Waals surface area contributed by atoms with E-state index in [0.29, 0.717) is 19.4 Å². The first-order valence-corrected chi connectivity index (χ1v) is 37.8. The van der Waals surface area contributed by atoms with Gasteiger partial charge in [0.05, 0.1) is 25.4 Å². The van der Waals surface area contributed by atoms with E-state index in [0.717, 1.165) is 44.9 Å². The van der Waals surface area contributed by atoms with Crippen LogP contribution in [0.1, 0.15) is 418 Å². The average molecular weight is 1170 g/mol. The van der Waals surface area contributed by atoms with Crippen molar-refractivity contribution in [1.29, 1.82) is 0 Å². The number of carbonyl (C=O) groups is 2. The van der Waals surface area contributed by atoms with E-state index in [1.165, 1.54) is 347 Å². The first-order valence-electron chi connectivity index (χ1n) is 37.8. The Morgan fingerprint density at radius 1 is 0.337 bits per heavy atom. The summed E-state index contributed by atoms with van der Waals surface area (Å²) in [5, 5.41) is 23.3. The van der Waals surface area contributed by atoms with Gasteiger partial charge in [-0.2, -0.15) is 0 Å². The van der Waals surface area contributed by atoms with E-state index in [2.05, 4.69) is 43.5 Å². The highest BCUT2D eigenvalue weighted by Crippen LogP contribution is 2.19. The van der Waals surface area contributed by atoms with Crippen LogP contribution < -0.4 is 5.32 Å². The second-order valence-electron chi connectivity index (χ2n) is 26.0. The number of unbranched alkanes of at least 4 members (excludes halogenated alkanes) is 56. The maximum Gasteiger partial charge on any atom is 0.305 e. The van der Waals surface area contributed by atoms with Gasteiger partial charge in [0.25, 0.3) is 0 Å². The molecule has 0 radical (unpaired) electrons. The molecule has 0 aliphatic heterocycles. The van der Waals surface area contributed by atoms with E-state index < -0.39 is 12.1 Å². The van der Waals surface area contributed by atoms with Crippen molar-refractivity contribution in [1.82, 2.24) is 5.32 Å². The van der Waals surface area contributed by atoms with Crippen molar-refractivity contribution in [2.24, 2.45) is 0 Å². The molecule has 3 N–H and O–H groups in total. The Hall–Kier alpha value is -1.92. The van der Waals surface area contributed by atoms with Gasteiger partial charge in [-0.1, -0.05) is 378 Å². The van der Waals surface area contributed by atoms with Gasteiger partial charge in [0.1, 0.15) is 0 Å². The third-order valence-corrected chi connectivity index (χ3v) is 17.7. The second-order valence-corrected chi connectivity index (χ2v) is 26.0. The Kier molecular flexibility index (Phi) is 70.9. The number of rotatable bonds is 71. The minimum atomic E-state index is -0.848. The fourth-order valence-electron chi connectivity index (χ4n) is 11.9. The predicted octanol–water partition coefficient (Wildman–Crippen LogP) is 24.7. The largest absolute Gasteiger partial charge is 0.466 e. The Balaban J connectivity index is 3.43. The number of carbonyl (C=O) groups excluding carboxylic acids is 2. The molecular formula is C77H147NO5. The van der Waals surface area contributed by atoms with Gasteiger partial charge in [0.15, 0.2) is 0 Å². The van der Waals surface area contributed by atoms with Crippen molar-refractivity contribution in [2.75, 3.05) is 13.2 Å². The first-order chi connectivity index (χ1) is 41.0. The van der Waals surface area contributed by atoms with Crippen molar-refractivity contribution < 1.29 is 24.5 Å². The molecule has 2 unspecified atom stereocenters. The topological polar surface area (TPSA) is 95.9 Å². The van der Waals surface area contributed by atoms with Crippen LogP contribution in [0, 0.1) is 0 Å². The number of ether oxygens (including phenoxy) is 1. The number of aliphatic hydroxyl groups is 2. The molecule has 0 aliphatic carbocycles. The molecule has 1 amide bonds. The minimum Gasteiger partial charge on any atom is -0.466 e. The molecule has 0 fully saturated rings. The van der Waals surface area contributed by atoms with Gasteiger partial charge in [0, 0.05) is 12.8 Å². The van der Waals surface area contributed by atoms with Crippen molar-refractivity contribution in [2.45, 2.75) is 431 Å². The maximum absolute atomic E-state index is 12.5. The number of esters is 1. The van der Waals surface area contributed by atoms with Gasteiger partial charge < -0.3 is 20.3 Å². The van der Waals surface area contributed by atoms with Crippen LogP contribution in [0.25, 0.3) is 0 Å². The van der Waals surface area contributed by atoms with E-state index in [9.17, 15) is 19.8 Å². The van der Waals surface area contributed by atoms with E-state index in [-0.39, 0.29) is 18.5 Å². The quantitative estimate of drug-likeness (QED) is 0.0320. The van der Waals surface area contributed by atoms with Gasteiger partial charge in [0.2, 0.25) is 5.91 Å². The van der Waals surface area contributed by atoms with Gasteiger partial charge in [-0.05, 0) is 64.2 Å². The number of amides is 1. The van der Waals surface area contributed by atoms with Crippen LogP contribution in [-0.4, -0.2) is 47.4 Å². The Morgan fingerprint density at radius 3 is 0.916 bits per heavy atom. The lowest BCUT2D eigenvalue weighted by Gasteiger charge is -2.20. The second kappa shape index (κ2) is 72.6. The third kappa shape index (κ3) is 69.1. The van der Waals surface area contributed by atoms with Crippen LogP contribution in [0.15, 0.2) is 36.5 Å². The summed E-state index contributed by atoms with van der Waals surface area (Å²) in [5.41, 5.74) is 0. The molecule has 0 heterocycles. The third-order valence-electron chi connectivity index (χ3n) is 17.7. The van der Waals surface area contributed by atoms with Crippen LogP contribution in [0.2, 0.25) is 0 Å². The van der Waals surface area contributed by atoms with Crippen LogP contribution in [0.4, 0.5) is 0 Å². The summed E-state index contributed by atoms with van der Waals surface area (Å²) in [5.74, 6) is -0.0524. The number of hydrogen-bond acceptors (Lipinski definition) is 5. The van der Waals surface area contributed by atoms with Crippen LogP contribution in [0.5, 0.6) is 0 Å². The fourth-order valence-corrected chi connectivity index (χ4v) is 11.9. The summed E-state index contributed by atoms with van der Waals surface area (Å²) in [7, 11) is 0. The molecule has 83 heavy (non-hydrogen) atoms. The number of allylic oxidation sites excluding steroid dienone is 5. The zero-order valence-electron chi connectivity index (χ0n) is 56.2. The summed E-state index contributed by atoms with van der Waals surface area (Å²) in [6.07, 6.45) is 93.8. The van der Waals surface area contributed by atoms with Crippen molar-refractivity contribution >= 4 is 11.9 Å². The summed E-state index contributed by atoms with van der Waals surface area (Å²) in [6, 6.07) is -0.632. The SMILES string of the molecule is CCCCCCCCCCCCCCCCCCCCCCC/C=C/C(O)C(CO)NC(=O)CCCCCCCCCCCCC/C=C\C/C=C\CCCCCCCCCCCOC(=O)CCCCCCCCCCCCCCCCCC. The van der Waals surface area contributed by atoms with E-state index in [4.69, 9.17) is 4.74 Å². The lowest BCUT2D eigenvalue weighted by Crippen LogP contribution is -2.45. The van der Waals surface area contributed by atoms with E-state index in [1.807, 2.05) is 6.08 Å². The average Bonchev–Trinajstić information content (AvgIpc) is 3.49. The molecule has 0 spiro atoms. The molecular weight excluding hydrogens is 1020 g/mol. The van der Waals surface area contributed by atoms with E-state index in [1.54, 1.807) is 6.08 Å². The molecule has 0 aromatic rings.